The molecule has 7 nitrogen and oxygen atoms in total. The first kappa shape index (κ1) is 29.2. The topological polar surface area (TPSA) is 79.0 Å². The summed E-state index contributed by atoms with van der Waals surface area (Å²) in [6.45, 7) is 3.14. The van der Waals surface area contributed by atoms with Crippen LogP contribution in [-0.4, -0.2) is 68.0 Å². The molecule has 2 heterocycles. The van der Waals surface area contributed by atoms with Crippen molar-refractivity contribution in [2.45, 2.75) is 42.5 Å². The van der Waals surface area contributed by atoms with Crippen molar-refractivity contribution in [3.63, 3.8) is 0 Å². The highest BCUT2D eigenvalue weighted by atomic mass is 32.2. The average molecular weight is 588 g/mol. The molecule has 0 unspecified atom stereocenters. The SMILES string of the molecule is Cc1ccc(S(=O)(=O)N2C[C@@]3(CCN(CC(=O)Nc4ccc(C(F)(F)F)cc4)C3)OC[C@@H]2Cc2ccccc2)cc1. The lowest BCUT2D eigenvalue weighted by molar-refractivity contribution is -0.137. The molecule has 218 valence electrons. The van der Waals surface area contributed by atoms with E-state index in [1.165, 1.54) is 12.1 Å². The van der Waals surface area contributed by atoms with Crippen LogP contribution in [0.2, 0.25) is 0 Å². The molecule has 0 bridgehead atoms. The second-order valence-corrected chi connectivity index (χ2v) is 12.7. The summed E-state index contributed by atoms with van der Waals surface area (Å²) in [5.74, 6) is -0.372. The molecule has 3 aromatic rings. The number of benzene rings is 3. The second-order valence-electron chi connectivity index (χ2n) is 10.8. The maximum Gasteiger partial charge on any atom is 0.416 e. The van der Waals surface area contributed by atoms with Crippen LogP contribution in [-0.2, 0) is 32.2 Å². The molecule has 2 atom stereocenters. The molecule has 2 saturated heterocycles. The van der Waals surface area contributed by atoms with Gasteiger partial charge in [-0.15, -0.1) is 0 Å². The molecule has 2 aliphatic rings. The number of aryl methyl sites for hydroxylation is 1. The molecule has 0 aliphatic carbocycles. The van der Waals surface area contributed by atoms with Crippen LogP contribution in [0.1, 0.15) is 23.1 Å². The van der Waals surface area contributed by atoms with E-state index in [2.05, 4.69) is 5.32 Å². The van der Waals surface area contributed by atoms with Gasteiger partial charge >= 0.3 is 6.18 Å². The number of nitrogens with one attached hydrogen (secondary N) is 1. The zero-order valence-electron chi connectivity index (χ0n) is 22.6. The van der Waals surface area contributed by atoms with Gasteiger partial charge in [0.15, 0.2) is 0 Å². The molecule has 11 heteroatoms. The summed E-state index contributed by atoms with van der Waals surface area (Å²) in [6, 6.07) is 20.4. The number of anilines is 1. The van der Waals surface area contributed by atoms with Gasteiger partial charge in [0.25, 0.3) is 0 Å². The summed E-state index contributed by atoms with van der Waals surface area (Å²) in [7, 11) is -3.83. The van der Waals surface area contributed by atoms with Crippen LogP contribution in [0.5, 0.6) is 0 Å². The minimum Gasteiger partial charge on any atom is -0.371 e. The Bertz CT molecular complexity index is 1470. The minimum atomic E-state index is -4.45. The summed E-state index contributed by atoms with van der Waals surface area (Å²) in [4.78, 5) is 14.8. The van der Waals surface area contributed by atoms with Crippen molar-refractivity contribution >= 4 is 21.6 Å². The number of ether oxygens (including phenoxy) is 1. The molecule has 0 saturated carbocycles. The molecule has 2 aliphatic heterocycles. The fraction of sp³-hybridized carbons (Fsp3) is 0.367. The number of nitrogens with zero attached hydrogens (tertiary/aromatic N) is 2. The number of alkyl halides is 3. The van der Waals surface area contributed by atoms with Crippen LogP contribution in [0, 0.1) is 6.92 Å². The molecule has 2 fully saturated rings. The van der Waals surface area contributed by atoms with Gasteiger partial charge in [0.1, 0.15) is 0 Å². The van der Waals surface area contributed by atoms with Crippen molar-refractivity contribution in [2.24, 2.45) is 0 Å². The molecule has 3 aromatic carbocycles. The lowest BCUT2D eigenvalue weighted by Crippen LogP contribution is -2.59. The van der Waals surface area contributed by atoms with Gasteiger partial charge in [0.2, 0.25) is 15.9 Å². The average Bonchev–Trinajstić information content (AvgIpc) is 3.31. The van der Waals surface area contributed by atoms with Crippen LogP contribution in [0.4, 0.5) is 18.9 Å². The number of morpholine rings is 1. The lowest BCUT2D eigenvalue weighted by Gasteiger charge is -2.44. The Kier molecular flexibility index (Phi) is 8.24. The summed E-state index contributed by atoms with van der Waals surface area (Å²) in [5, 5.41) is 2.64. The predicted octanol–water partition coefficient (Wildman–Crippen LogP) is 4.73. The zero-order chi connectivity index (χ0) is 29.3. The largest absolute Gasteiger partial charge is 0.416 e. The highest BCUT2D eigenvalue weighted by Crippen LogP contribution is 2.35. The van der Waals surface area contributed by atoms with Crippen molar-refractivity contribution in [1.82, 2.24) is 9.21 Å². The molecule has 41 heavy (non-hydrogen) atoms. The standard InChI is InChI=1S/C30H32F3N3O4S/c1-22-7-13-27(14-8-22)41(38,39)36-21-29(40-19-26(36)17-23-5-3-2-4-6-23)15-16-35(20-29)18-28(37)34-25-11-9-24(10-12-25)30(31,32)33/h2-14,26H,15-21H2,1H3,(H,34,37)/t26-,29-/m0/s1. The van der Waals surface area contributed by atoms with Crippen LogP contribution >= 0.6 is 0 Å². The van der Waals surface area contributed by atoms with Gasteiger partial charge in [-0.2, -0.15) is 17.5 Å². The summed E-state index contributed by atoms with van der Waals surface area (Å²) in [5.41, 5.74) is 0.671. The van der Waals surface area contributed by atoms with Crippen molar-refractivity contribution in [3.8, 4) is 0 Å². The van der Waals surface area contributed by atoms with Gasteiger partial charge in [0, 0.05) is 25.3 Å². The Morgan fingerprint density at radius 2 is 1.68 bits per heavy atom. The van der Waals surface area contributed by atoms with E-state index in [-0.39, 0.29) is 36.2 Å². The van der Waals surface area contributed by atoms with E-state index in [4.69, 9.17) is 4.74 Å². The van der Waals surface area contributed by atoms with E-state index in [1.807, 2.05) is 42.2 Å². The minimum absolute atomic E-state index is 0.00425. The quantitative estimate of drug-likeness (QED) is 0.433. The number of hydrogen-bond donors (Lipinski definition) is 1. The van der Waals surface area contributed by atoms with Crippen molar-refractivity contribution in [2.75, 3.05) is 38.1 Å². The van der Waals surface area contributed by atoms with Crippen LogP contribution in [0.3, 0.4) is 0 Å². The van der Waals surface area contributed by atoms with Crippen LogP contribution in [0.15, 0.2) is 83.8 Å². The summed E-state index contributed by atoms with van der Waals surface area (Å²) < 4.78 is 74.2. The Labute approximate surface area is 238 Å². The van der Waals surface area contributed by atoms with Crippen LogP contribution in [0.25, 0.3) is 0 Å². The highest BCUT2D eigenvalue weighted by molar-refractivity contribution is 7.89. The normalized spacial score (nSPS) is 22.2. The summed E-state index contributed by atoms with van der Waals surface area (Å²) in [6.07, 6.45) is -3.41. The monoisotopic (exact) mass is 587 g/mol. The van der Waals surface area contributed by atoms with E-state index in [0.29, 0.717) is 25.9 Å². The van der Waals surface area contributed by atoms with Gasteiger partial charge in [-0.25, -0.2) is 8.42 Å². The number of rotatable bonds is 7. The Balaban J connectivity index is 1.28. The molecular formula is C30H32F3N3O4S. The third-order valence-electron chi connectivity index (χ3n) is 7.63. The molecule has 5 rings (SSSR count). The van der Waals surface area contributed by atoms with Gasteiger partial charge in [-0.05, 0) is 61.7 Å². The van der Waals surface area contributed by atoms with Gasteiger partial charge in [-0.1, -0.05) is 48.0 Å². The summed E-state index contributed by atoms with van der Waals surface area (Å²) >= 11 is 0. The van der Waals surface area contributed by atoms with Gasteiger partial charge < -0.3 is 10.1 Å². The van der Waals surface area contributed by atoms with E-state index in [1.54, 1.807) is 28.6 Å². The first-order valence-electron chi connectivity index (χ1n) is 13.4. The maximum absolute atomic E-state index is 13.9. The number of halogens is 3. The van der Waals surface area contributed by atoms with Crippen molar-refractivity contribution in [1.29, 1.82) is 0 Å². The number of carbonyl (C=O) groups is 1. The maximum atomic E-state index is 13.9. The number of sulfonamides is 1. The first-order chi connectivity index (χ1) is 19.4. The Morgan fingerprint density at radius 1 is 1.00 bits per heavy atom. The fourth-order valence-corrected chi connectivity index (χ4v) is 7.13. The third kappa shape index (κ3) is 6.81. The van der Waals surface area contributed by atoms with E-state index >= 15 is 0 Å². The van der Waals surface area contributed by atoms with Gasteiger partial charge in [-0.3, -0.25) is 9.69 Å². The number of amides is 1. The molecule has 1 spiro atoms. The van der Waals surface area contributed by atoms with E-state index < -0.39 is 33.4 Å². The molecular weight excluding hydrogens is 555 g/mol. The molecule has 1 N–H and O–H groups in total. The highest BCUT2D eigenvalue weighted by Gasteiger charge is 2.49. The van der Waals surface area contributed by atoms with Crippen molar-refractivity contribution in [3.05, 3.63) is 95.6 Å². The number of hydrogen-bond acceptors (Lipinski definition) is 5. The predicted molar refractivity (Wildman–Crippen MR) is 149 cm³/mol. The number of likely N-dealkylation sites (tertiary alicyclic amines) is 1. The van der Waals surface area contributed by atoms with E-state index in [9.17, 15) is 26.4 Å². The lowest BCUT2D eigenvalue weighted by atomic mass is 9.98. The third-order valence-corrected chi connectivity index (χ3v) is 9.55. The molecule has 0 radical (unpaired) electrons. The van der Waals surface area contributed by atoms with Crippen LogP contribution < -0.4 is 5.32 Å². The Hall–Kier alpha value is -3.25. The number of carbonyl (C=O) groups excluding carboxylic acids is 1. The fourth-order valence-electron chi connectivity index (χ4n) is 5.44. The van der Waals surface area contributed by atoms with Gasteiger partial charge in [0.05, 0.1) is 35.3 Å². The zero-order valence-corrected chi connectivity index (χ0v) is 23.4. The molecule has 1 amide bonds. The first-order valence-corrected chi connectivity index (χ1v) is 14.8. The van der Waals surface area contributed by atoms with Crippen molar-refractivity contribution < 1.29 is 31.1 Å². The van der Waals surface area contributed by atoms with E-state index in [0.717, 1.165) is 23.3 Å². The molecule has 0 aromatic heterocycles. The Morgan fingerprint density at radius 3 is 2.34 bits per heavy atom. The second kappa shape index (κ2) is 11.6. The smallest absolute Gasteiger partial charge is 0.371 e.